The molecule has 7 heteroatoms. The number of likely N-dealkylation sites (N-methyl/N-ethyl adjacent to an activating group) is 1. The second-order valence-electron chi connectivity index (χ2n) is 6.70. The molecule has 2 aliphatic heterocycles. The van der Waals surface area contributed by atoms with Crippen LogP contribution in [0.15, 0.2) is 24.3 Å². The van der Waals surface area contributed by atoms with Crippen LogP contribution in [-0.2, 0) is 4.74 Å². The van der Waals surface area contributed by atoms with E-state index in [1.165, 1.54) is 0 Å². The van der Waals surface area contributed by atoms with Gasteiger partial charge in [0.1, 0.15) is 5.82 Å². The van der Waals surface area contributed by atoms with Gasteiger partial charge in [-0.05, 0) is 32.0 Å². The number of fused-ring (bicyclic) bond motifs is 1. The molecule has 0 aliphatic carbocycles. The third kappa shape index (κ3) is 4.14. The van der Waals surface area contributed by atoms with Crippen molar-refractivity contribution in [3.8, 4) is 0 Å². The van der Waals surface area contributed by atoms with Crippen LogP contribution >= 0.6 is 0 Å². The molecule has 0 saturated carbocycles. The molecule has 1 atom stereocenters. The van der Waals surface area contributed by atoms with Crippen LogP contribution in [-0.4, -0.2) is 67.4 Å². The summed E-state index contributed by atoms with van der Waals surface area (Å²) < 4.78 is 5.72. The summed E-state index contributed by atoms with van der Waals surface area (Å²) in [6.07, 6.45) is 2.58. The quantitative estimate of drug-likeness (QED) is 0.751. The summed E-state index contributed by atoms with van der Waals surface area (Å²) in [4.78, 5) is 14.3. The van der Waals surface area contributed by atoms with E-state index >= 15 is 0 Å². The minimum absolute atomic E-state index is 0. The maximum absolute atomic E-state index is 5.72. The fourth-order valence-electron chi connectivity index (χ4n) is 3.36. The van der Waals surface area contributed by atoms with Gasteiger partial charge in [0.2, 0.25) is 5.95 Å². The first kappa shape index (κ1) is 18.2. The Morgan fingerprint density at radius 2 is 1.96 bits per heavy atom. The lowest BCUT2D eigenvalue weighted by molar-refractivity contribution is -0.00000623. The lowest BCUT2D eigenvalue weighted by atomic mass is 10.2. The highest BCUT2D eigenvalue weighted by molar-refractivity contribution is 5.90. The van der Waals surface area contributed by atoms with Crippen LogP contribution in [0.2, 0.25) is 0 Å². The number of nitrogens with zero attached hydrogens (tertiary/aromatic N) is 4. The topological polar surface area (TPSA) is 53.5 Å². The van der Waals surface area contributed by atoms with Gasteiger partial charge < -0.3 is 32.3 Å². The normalized spacial score (nSPS) is 21.3. The molecule has 1 unspecified atom stereocenters. The third-order valence-corrected chi connectivity index (χ3v) is 4.90. The van der Waals surface area contributed by atoms with Crippen LogP contribution in [0.25, 0.3) is 10.9 Å². The van der Waals surface area contributed by atoms with Gasteiger partial charge in [-0.1, -0.05) is 12.1 Å². The molecule has 2 aromatic rings. The zero-order valence-electron chi connectivity index (χ0n) is 14.6. The van der Waals surface area contributed by atoms with Crippen molar-refractivity contribution in [2.45, 2.75) is 18.9 Å². The van der Waals surface area contributed by atoms with Gasteiger partial charge in [-0.3, -0.25) is 0 Å². The first-order valence-electron chi connectivity index (χ1n) is 8.85. The molecule has 2 saturated heterocycles. The summed E-state index contributed by atoms with van der Waals surface area (Å²) in [5.74, 6) is 1.75. The second kappa shape index (κ2) is 8.17. The zero-order chi connectivity index (χ0) is 16.4. The van der Waals surface area contributed by atoms with E-state index in [0.29, 0.717) is 6.10 Å². The number of piperazine rings is 1. The summed E-state index contributed by atoms with van der Waals surface area (Å²) in [5.41, 5.74) is 0.997. The standard InChI is InChI=1S/C18H25N5O.ClH/c1-22-8-10-23(11-9-22)18-20-16-7-3-2-6-15(16)17(21-18)19-13-14-5-4-12-24-14;/h2-3,6-7,14H,4-5,8-13H2,1H3,(H,19,20,21);1H/p-1. The number of rotatable bonds is 4. The Labute approximate surface area is 155 Å². The van der Waals surface area contributed by atoms with Crippen molar-refractivity contribution in [2.75, 3.05) is 56.6 Å². The van der Waals surface area contributed by atoms with Crippen molar-refractivity contribution in [3.63, 3.8) is 0 Å². The van der Waals surface area contributed by atoms with Gasteiger partial charge in [0.05, 0.1) is 11.6 Å². The van der Waals surface area contributed by atoms with Gasteiger partial charge in [0, 0.05) is 44.7 Å². The molecule has 0 radical (unpaired) electrons. The predicted octanol–water partition coefficient (Wildman–Crippen LogP) is -1.02. The number of aromatic nitrogens is 2. The number of halogens is 1. The number of nitrogens with one attached hydrogen (secondary N) is 1. The molecule has 2 aliphatic rings. The molecule has 0 amide bonds. The van der Waals surface area contributed by atoms with Gasteiger partial charge in [0.25, 0.3) is 0 Å². The van der Waals surface area contributed by atoms with E-state index in [9.17, 15) is 0 Å². The van der Waals surface area contributed by atoms with Crippen LogP contribution in [0.5, 0.6) is 0 Å². The molecule has 6 nitrogen and oxygen atoms in total. The Morgan fingerprint density at radius 3 is 2.72 bits per heavy atom. The SMILES string of the molecule is CN1CCN(c2nc(NCC3CCCO3)c3ccccc3n2)CC1.[Cl-]. The summed E-state index contributed by atoms with van der Waals surface area (Å²) in [6, 6.07) is 8.22. The maximum atomic E-state index is 5.72. The van der Waals surface area contributed by atoms with Gasteiger partial charge in [-0.2, -0.15) is 4.98 Å². The Kier molecular flexibility index (Phi) is 5.93. The van der Waals surface area contributed by atoms with E-state index in [4.69, 9.17) is 14.7 Å². The van der Waals surface area contributed by atoms with Crippen molar-refractivity contribution in [3.05, 3.63) is 24.3 Å². The molecule has 1 aromatic heterocycles. The molecule has 4 rings (SSSR count). The van der Waals surface area contributed by atoms with Crippen LogP contribution in [0.3, 0.4) is 0 Å². The van der Waals surface area contributed by atoms with Gasteiger partial charge >= 0.3 is 0 Å². The number of benzene rings is 1. The van der Waals surface area contributed by atoms with Crippen molar-refractivity contribution in [1.29, 1.82) is 0 Å². The smallest absolute Gasteiger partial charge is 0.227 e. The van der Waals surface area contributed by atoms with Crippen molar-refractivity contribution < 1.29 is 17.1 Å². The Bertz CT molecular complexity index is 699. The average Bonchev–Trinajstić information content (AvgIpc) is 3.13. The predicted molar refractivity (Wildman–Crippen MR) is 96.7 cm³/mol. The first-order chi connectivity index (χ1) is 11.8. The zero-order valence-corrected chi connectivity index (χ0v) is 15.4. The molecule has 0 bridgehead atoms. The Hall–Kier alpha value is -1.63. The van der Waals surface area contributed by atoms with Crippen molar-refractivity contribution >= 4 is 22.7 Å². The van der Waals surface area contributed by atoms with Gasteiger partial charge in [0.15, 0.2) is 0 Å². The molecule has 0 spiro atoms. The first-order valence-corrected chi connectivity index (χ1v) is 8.85. The minimum Gasteiger partial charge on any atom is -1.00 e. The largest absolute Gasteiger partial charge is 1.00 e. The molecular weight excluding hydrogens is 338 g/mol. The highest BCUT2D eigenvalue weighted by Crippen LogP contribution is 2.24. The number of hydrogen-bond acceptors (Lipinski definition) is 6. The van der Waals surface area contributed by atoms with E-state index < -0.39 is 0 Å². The molecule has 136 valence electrons. The lowest BCUT2D eigenvalue weighted by Gasteiger charge is -2.32. The van der Waals surface area contributed by atoms with Crippen LogP contribution in [0, 0.1) is 0 Å². The van der Waals surface area contributed by atoms with E-state index in [2.05, 4.69) is 34.3 Å². The lowest BCUT2D eigenvalue weighted by Crippen LogP contribution is -3.00. The Morgan fingerprint density at radius 1 is 1.16 bits per heavy atom. The van der Waals surface area contributed by atoms with Crippen LogP contribution in [0.1, 0.15) is 12.8 Å². The molecule has 25 heavy (non-hydrogen) atoms. The van der Waals surface area contributed by atoms with E-state index in [1.54, 1.807) is 0 Å². The van der Waals surface area contributed by atoms with E-state index in [0.717, 1.165) is 74.8 Å². The molecular formula is C18H25ClN5O-. The Balaban J connectivity index is 0.00000182. The second-order valence-corrected chi connectivity index (χ2v) is 6.70. The van der Waals surface area contributed by atoms with Crippen molar-refractivity contribution in [2.24, 2.45) is 0 Å². The highest BCUT2D eigenvalue weighted by atomic mass is 35.5. The summed E-state index contributed by atoms with van der Waals surface area (Å²) in [6.45, 7) is 5.73. The number of para-hydroxylation sites is 1. The fourth-order valence-corrected chi connectivity index (χ4v) is 3.36. The molecule has 3 heterocycles. The van der Waals surface area contributed by atoms with E-state index in [1.807, 2.05) is 12.1 Å². The fraction of sp³-hybridized carbons (Fsp3) is 0.556. The third-order valence-electron chi connectivity index (χ3n) is 4.90. The minimum atomic E-state index is 0. The highest BCUT2D eigenvalue weighted by Gasteiger charge is 2.20. The molecule has 1 N–H and O–H groups in total. The van der Waals surface area contributed by atoms with Crippen LogP contribution in [0.4, 0.5) is 11.8 Å². The monoisotopic (exact) mass is 362 g/mol. The number of hydrogen-bond donors (Lipinski definition) is 1. The maximum Gasteiger partial charge on any atom is 0.227 e. The summed E-state index contributed by atoms with van der Waals surface area (Å²) in [5, 5.41) is 4.58. The van der Waals surface area contributed by atoms with E-state index in [-0.39, 0.29) is 12.4 Å². The number of ether oxygens (including phenoxy) is 1. The molecule has 2 fully saturated rings. The molecule has 1 aromatic carbocycles. The average molecular weight is 363 g/mol. The van der Waals surface area contributed by atoms with Gasteiger partial charge in [-0.25, -0.2) is 4.98 Å². The van der Waals surface area contributed by atoms with Crippen molar-refractivity contribution in [1.82, 2.24) is 14.9 Å². The summed E-state index contributed by atoms with van der Waals surface area (Å²) in [7, 11) is 2.16. The van der Waals surface area contributed by atoms with Gasteiger partial charge in [-0.15, -0.1) is 0 Å². The van der Waals surface area contributed by atoms with Crippen LogP contribution < -0.4 is 22.6 Å². The summed E-state index contributed by atoms with van der Waals surface area (Å²) >= 11 is 0. The number of anilines is 2.